The highest BCUT2D eigenvalue weighted by atomic mass is 32.2. The van der Waals surface area contributed by atoms with Gasteiger partial charge in [-0.3, -0.25) is 19.3 Å². The van der Waals surface area contributed by atoms with Crippen molar-refractivity contribution in [1.29, 1.82) is 0 Å². The van der Waals surface area contributed by atoms with Crippen LogP contribution in [0.4, 0.5) is 0 Å². The number of nitrogens with zero attached hydrogens (tertiary/aromatic N) is 1. The number of ether oxygens (including phenoxy) is 2. The van der Waals surface area contributed by atoms with Crippen molar-refractivity contribution in [2.24, 2.45) is 0 Å². The highest BCUT2D eigenvalue weighted by molar-refractivity contribution is 8.00. The number of methoxy groups -OCH3 is 1. The van der Waals surface area contributed by atoms with Crippen LogP contribution in [0.25, 0.3) is 6.08 Å². The summed E-state index contributed by atoms with van der Waals surface area (Å²) in [6.07, 6.45) is 3.16. The molecule has 1 fully saturated rings. The maximum Gasteiger partial charge on any atom is 0.355 e. The third-order valence-corrected chi connectivity index (χ3v) is 8.46. The summed E-state index contributed by atoms with van der Waals surface area (Å²) >= 11 is 2.80. The molecule has 0 spiro atoms. The number of carbonyl (C=O) groups is 3. The Morgan fingerprint density at radius 3 is 2.62 bits per heavy atom. The molecule has 12 heteroatoms. The molecule has 40 heavy (non-hydrogen) atoms. The zero-order valence-electron chi connectivity index (χ0n) is 21.3. The van der Waals surface area contributed by atoms with E-state index in [2.05, 4.69) is 10.5 Å². The maximum absolute atomic E-state index is 13.3. The van der Waals surface area contributed by atoms with Crippen LogP contribution in [0.5, 0.6) is 5.75 Å². The molecule has 2 N–H and O–H groups in total. The Kier molecular flexibility index (Phi) is 8.46. The molecular weight excluding hydrogens is 554 g/mol. The average Bonchev–Trinajstić information content (AvgIpc) is 3.41. The monoisotopic (exact) mass is 579 g/mol. The maximum atomic E-state index is 13.3. The van der Waals surface area contributed by atoms with E-state index in [9.17, 15) is 19.2 Å². The standard InChI is InChI=1S/C28H25N3O7S2/c1-36-19-10-7-17(8-11-19)14-37-28(35)25-18(9-12-20-13-22(32)30-38-20)15-40-27-24(26(34)31(25)27)29-23(33)16-39-21-5-3-2-4-6-21/h2-13,24,27H,14-16H2,1H3,(H,29,33)(H,30,32)/b12-9+/t24-,27?/m1/s1. The van der Waals surface area contributed by atoms with E-state index < -0.39 is 28.9 Å². The molecule has 1 aromatic heterocycles. The average molecular weight is 580 g/mol. The van der Waals surface area contributed by atoms with Gasteiger partial charge in [-0.15, -0.1) is 23.5 Å². The van der Waals surface area contributed by atoms with Crippen LogP contribution < -0.4 is 15.6 Å². The Hall–Kier alpha value is -4.16. The molecule has 0 bridgehead atoms. The second-order valence-electron chi connectivity index (χ2n) is 8.80. The molecule has 5 rings (SSSR count). The molecule has 0 aliphatic carbocycles. The first-order valence-electron chi connectivity index (χ1n) is 12.2. The van der Waals surface area contributed by atoms with Crippen LogP contribution in [0.2, 0.25) is 0 Å². The Bertz CT molecular complexity index is 1510. The summed E-state index contributed by atoms with van der Waals surface area (Å²) in [5, 5.41) is 4.56. The number of amides is 2. The van der Waals surface area contributed by atoms with Crippen molar-refractivity contribution >= 4 is 47.4 Å². The molecule has 10 nitrogen and oxygen atoms in total. The van der Waals surface area contributed by atoms with Gasteiger partial charge in [-0.1, -0.05) is 36.4 Å². The molecule has 2 aliphatic heterocycles. The first kappa shape index (κ1) is 27.4. The molecule has 2 aliphatic rings. The molecule has 206 valence electrons. The molecular formula is C28H25N3O7S2. The number of nitrogens with one attached hydrogen (secondary N) is 2. The fourth-order valence-electron chi connectivity index (χ4n) is 4.14. The number of rotatable bonds is 10. The Morgan fingerprint density at radius 1 is 1.15 bits per heavy atom. The Morgan fingerprint density at radius 2 is 1.93 bits per heavy atom. The van der Waals surface area contributed by atoms with Crippen LogP contribution in [-0.4, -0.2) is 57.9 Å². The molecule has 1 saturated heterocycles. The third kappa shape index (κ3) is 6.18. The summed E-state index contributed by atoms with van der Waals surface area (Å²) in [5.41, 5.74) is 0.981. The zero-order valence-corrected chi connectivity index (χ0v) is 23.0. The number of carbonyl (C=O) groups excluding carboxylic acids is 3. The third-order valence-electron chi connectivity index (χ3n) is 6.14. The summed E-state index contributed by atoms with van der Waals surface area (Å²) in [6.45, 7) is -0.00722. The summed E-state index contributed by atoms with van der Waals surface area (Å²) in [7, 11) is 1.56. The van der Waals surface area contributed by atoms with Crippen LogP contribution in [0.15, 0.2) is 92.2 Å². The minimum Gasteiger partial charge on any atom is -0.497 e. The van der Waals surface area contributed by atoms with E-state index >= 15 is 0 Å². The Labute approximate surface area is 237 Å². The number of hydrogen-bond donors (Lipinski definition) is 2. The predicted molar refractivity (Wildman–Crippen MR) is 150 cm³/mol. The lowest BCUT2D eigenvalue weighted by atomic mass is 10.0. The number of benzene rings is 2. The number of esters is 1. The number of aromatic nitrogens is 1. The van der Waals surface area contributed by atoms with E-state index in [0.717, 1.165) is 10.5 Å². The van der Waals surface area contributed by atoms with Crippen LogP contribution >= 0.6 is 23.5 Å². The molecule has 0 radical (unpaired) electrons. The first-order chi connectivity index (χ1) is 19.4. The molecule has 2 aromatic carbocycles. The van der Waals surface area contributed by atoms with Crippen LogP contribution in [0, 0.1) is 0 Å². The van der Waals surface area contributed by atoms with Crippen LogP contribution in [0.3, 0.4) is 0 Å². The van der Waals surface area contributed by atoms with Crippen molar-refractivity contribution in [3.05, 3.63) is 99.7 Å². The quantitative estimate of drug-likeness (QED) is 0.211. The number of thioether (sulfide) groups is 2. The predicted octanol–water partition coefficient (Wildman–Crippen LogP) is 3.18. The summed E-state index contributed by atoms with van der Waals surface area (Å²) in [4.78, 5) is 52.9. The summed E-state index contributed by atoms with van der Waals surface area (Å²) < 4.78 is 15.8. The molecule has 0 saturated carbocycles. The minimum atomic E-state index is -0.758. The Balaban J connectivity index is 1.31. The van der Waals surface area contributed by atoms with Gasteiger partial charge >= 0.3 is 5.97 Å². The zero-order chi connectivity index (χ0) is 28.1. The van der Waals surface area contributed by atoms with Crippen molar-refractivity contribution < 1.29 is 28.4 Å². The summed E-state index contributed by atoms with van der Waals surface area (Å²) in [5.74, 6) is 0.139. The SMILES string of the molecule is COc1ccc(COC(=O)C2=C(/C=C/c3cc(=O)[nH]o3)CSC3[C@H](NC(=O)CSc4ccccc4)C(=O)N23)cc1. The van der Waals surface area contributed by atoms with Gasteiger partial charge in [0.25, 0.3) is 11.5 Å². The fourth-order valence-corrected chi connectivity index (χ4v) is 6.19. The minimum absolute atomic E-state index is 0.00722. The smallest absolute Gasteiger partial charge is 0.355 e. The van der Waals surface area contributed by atoms with Gasteiger partial charge in [0.2, 0.25) is 5.91 Å². The molecule has 2 atom stereocenters. The van der Waals surface area contributed by atoms with Gasteiger partial charge in [0.05, 0.1) is 18.9 Å². The van der Waals surface area contributed by atoms with Crippen molar-refractivity contribution in [2.75, 3.05) is 18.6 Å². The van der Waals surface area contributed by atoms with Crippen molar-refractivity contribution in [1.82, 2.24) is 15.4 Å². The van der Waals surface area contributed by atoms with Gasteiger partial charge in [-0.25, -0.2) is 4.79 Å². The van der Waals surface area contributed by atoms with E-state index in [1.807, 2.05) is 30.3 Å². The van der Waals surface area contributed by atoms with E-state index in [1.165, 1.54) is 40.6 Å². The topological polar surface area (TPSA) is 131 Å². The highest BCUT2D eigenvalue weighted by Crippen LogP contribution is 2.41. The fraction of sp³-hybridized carbons (Fsp3) is 0.214. The van der Waals surface area contributed by atoms with Crippen LogP contribution in [0.1, 0.15) is 11.3 Å². The second kappa shape index (κ2) is 12.3. The van der Waals surface area contributed by atoms with Crippen molar-refractivity contribution in [2.45, 2.75) is 22.9 Å². The van der Waals surface area contributed by atoms with E-state index in [0.29, 0.717) is 17.1 Å². The van der Waals surface area contributed by atoms with Crippen molar-refractivity contribution in [3.63, 3.8) is 0 Å². The molecule has 3 heterocycles. The summed E-state index contributed by atoms with van der Waals surface area (Å²) in [6, 6.07) is 17.1. The van der Waals surface area contributed by atoms with Crippen LogP contribution in [-0.2, 0) is 25.7 Å². The van der Waals surface area contributed by atoms with E-state index in [1.54, 1.807) is 37.5 Å². The number of aromatic amines is 1. The number of allylic oxidation sites excluding steroid dienone is 1. The van der Waals surface area contributed by atoms with Gasteiger partial charge in [0, 0.05) is 10.6 Å². The van der Waals surface area contributed by atoms with Gasteiger partial charge in [0.15, 0.2) is 5.76 Å². The molecule has 2 amide bonds. The largest absolute Gasteiger partial charge is 0.497 e. The highest BCUT2D eigenvalue weighted by Gasteiger charge is 2.54. The van der Waals surface area contributed by atoms with E-state index in [-0.39, 0.29) is 29.7 Å². The number of β-lactam (4-membered cyclic amide) rings is 1. The molecule has 3 aromatic rings. The normalized spacial score (nSPS) is 18.3. The number of hydrogen-bond acceptors (Lipinski definition) is 9. The second-order valence-corrected chi connectivity index (χ2v) is 11.0. The lowest BCUT2D eigenvalue weighted by molar-refractivity contribution is -0.153. The van der Waals surface area contributed by atoms with Gasteiger partial charge in [0.1, 0.15) is 29.5 Å². The van der Waals surface area contributed by atoms with Gasteiger partial charge in [-0.2, -0.15) is 5.16 Å². The molecule has 1 unspecified atom stereocenters. The number of H-pyrrole nitrogens is 1. The first-order valence-corrected chi connectivity index (χ1v) is 14.3. The number of fused-ring (bicyclic) bond motifs is 1. The van der Waals surface area contributed by atoms with Crippen molar-refractivity contribution in [3.8, 4) is 5.75 Å². The van der Waals surface area contributed by atoms with Gasteiger partial charge in [-0.05, 0) is 41.5 Å². The van der Waals surface area contributed by atoms with Gasteiger partial charge < -0.3 is 19.3 Å². The lowest BCUT2D eigenvalue weighted by Crippen LogP contribution is -2.70. The van der Waals surface area contributed by atoms with E-state index in [4.69, 9.17) is 14.0 Å². The lowest BCUT2D eigenvalue weighted by Gasteiger charge is -2.49.